The molecule has 2 aromatic carbocycles. The molecule has 35 heavy (non-hydrogen) atoms. The largest absolute Gasteiger partial charge is 0.339 e. The molecule has 0 spiro atoms. The summed E-state index contributed by atoms with van der Waals surface area (Å²) in [7, 11) is 0. The summed E-state index contributed by atoms with van der Waals surface area (Å²) in [5.41, 5.74) is 4.02. The van der Waals surface area contributed by atoms with Crippen LogP contribution in [0.5, 0.6) is 0 Å². The van der Waals surface area contributed by atoms with Gasteiger partial charge in [-0.15, -0.1) is 11.3 Å². The summed E-state index contributed by atoms with van der Waals surface area (Å²) in [6.07, 6.45) is 1.62. The van der Waals surface area contributed by atoms with Crippen LogP contribution in [0, 0.1) is 6.92 Å². The fourth-order valence-corrected chi connectivity index (χ4v) is 4.81. The van der Waals surface area contributed by atoms with Gasteiger partial charge in [0.05, 0.1) is 11.7 Å². The summed E-state index contributed by atoms with van der Waals surface area (Å²) in [6, 6.07) is 14.9. The molecule has 0 atom stereocenters. The van der Waals surface area contributed by atoms with Gasteiger partial charge >= 0.3 is 0 Å². The molecule has 4 rings (SSSR count). The van der Waals surface area contributed by atoms with E-state index in [1.54, 1.807) is 29.2 Å². The molecule has 2 aromatic heterocycles. The SMILES string of the molecule is CCN(CC)C(=O)c1ccc(NC(=O)CCn2cnc3scc(-c4ccc(C)cc4)c3c2=O)cc1. The molecule has 7 nitrogen and oxygen atoms in total. The minimum Gasteiger partial charge on any atom is -0.339 e. The van der Waals surface area contributed by atoms with Crippen molar-refractivity contribution < 1.29 is 9.59 Å². The number of hydrogen-bond donors (Lipinski definition) is 1. The van der Waals surface area contributed by atoms with Crippen molar-refractivity contribution >= 4 is 39.1 Å². The van der Waals surface area contributed by atoms with Gasteiger partial charge in [-0.2, -0.15) is 0 Å². The van der Waals surface area contributed by atoms with E-state index in [2.05, 4.69) is 10.3 Å². The van der Waals surface area contributed by atoms with Gasteiger partial charge in [0.2, 0.25) is 5.91 Å². The molecule has 0 bridgehead atoms. The molecule has 0 radical (unpaired) electrons. The Bertz CT molecular complexity index is 1400. The number of rotatable bonds is 8. The second-order valence-corrected chi connectivity index (χ2v) is 9.15. The molecule has 2 amide bonds. The standard InChI is InChI=1S/C27H28N4O3S/c1-4-30(5-2)26(33)20-10-12-21(13-11-20)29-23(32)14-15-31-17-28-25-24(27(31)34)22(16-35-25)19-8-6-18(3)7-9-19/h6-13,16-17H,4-5,14-15H2,1-3H3,(H,29,32). The molecule has 0 aliphatic rings. The van der Waals surface area contributed by atoms with Crippen LogP contribution < -0.4 is 10.9 Å². The molecule has 8 heteroatoms. The highest BCUT2D eigenvalue weighted by atomic mass is 32.1. The number of amides is 2. The van der Waals surface area contributed by atoms with Gasteiger partial charge < -0.3 is 10.2 Å². The molecule has 0 aliphatic heterocycles. The quantitative estimate of drug-likeness (QED) is 0.381. The highest BCUT2D eigenvalue weighted by Crippen LogP contribution is 2.30. The summed E-state index contributed by atoms with van der Waals surface area (Å²) in [5.74, 6) is -0.252. The number of carbonyl (C=O) groups excluding carboxylic acids is 2. The van der Waals surface area contributed by atoms with E-state index in [-0.39, 0.29) is 30.3 Å². The highest BCUT2D eigenvalue weighted by molar-refractivity contribution is 7.17. The van der Waals surface area contributed by atoms with Gasteiger partial charge in [0.15, 0.2) is 0 Å². The van der Waals surface area contributed by atoms with Crippen LogP contribution in [0.2, 0.25) is 0 Å². The summed E-state index contributed by atoms with van der Waals surface area (Å²) < 4.78 is 1.48. The molecule has 0 saturated carbocycles. The number of carbonyl (C=O) groups is 2. The Labute approximate surface area is 208 Å². The predicted molar refractivity (Wildman–Crippen MR) is 141 cm³/mol. The maximum absolute atomic E-state index is 13.2. The number of fused-ring (bicyclic) bond motifs is 1. The fourth-order valence-electron chi connectivity index (χ4n) is 3.91. The minimum absolute atomic E-state index is 0.0337. The lowest BCUT2D eigenvalue weighted by atomic mass is 10.1. The number of aryl methyl sites for hydroxylation is 2. The van der Waals surface area contributed by atoms with Crippen molar-refractivity contribution in [3.63, 3.8) is 0 Å². The van der Waals surface area contributed by atoms with E-state index in [4.69, 9.17) is 0 Å². The molecule has 0 unspecified atom stereocenters. The number of thiophene rings is 1. The molecule has 0 fully saturated rings. The number of benzene rings is 2. The summed E-state index contributed by atoms with van der Waals surface area (Å²) in [4.78, 5) is 45.0. The van der Waals surface area contributed by atoms with E-state index >= 15 is 0 Å². The van der Waals surface area contributed by atoms with Gasteiger partial charge in [-0.25, -0.2) is 4.98 Å². The van der Waals surface area contributed by atoms with Crippen LogP contribution >= 0.6 is 11.3 Å². The van der Waals surface area contributed by atoms with Crippen molar-refractivity contribution in [1.29, 1.82) is 0 Å². The third kappa shape index (κ3) is 5.33. The van der Waals surface area contributed by atoms with Gasteiger partial charge in [-0.1, -0.05) is 29.8 Å². The Balaban J connectivity index is 1.44. The van der Waals surface area contributed by atoms with Crippen molar-refractivity contribution in [3.05, 3.63) is 81.7 Å². The molecule has 4 aromatic rings. The summed E-state index contributed by atoms with van der Waals surface area (Å²) in [6.45, 7) is 7.41. The third-order valence-corrected chi connectivity index (χ3v) is 6.86. The molecular formula is C27H28N4O3S. The number of aromatic nitrogens is 2. The number of hydrogen-bond acceptors (Lipinski definition) is 5. The Morgan fingerprint density at radius 1 is 1.03 bits per heavy atom. The van der Waals surface area contributed by atoms with Gasteiger partial charge in [0, 0.05) is 48.2 Å². The van der Waals surface area contributed by atoms with E-state index in [1.807, 2.05) is 50.4 Å². The lowest BCUT2D eigenvalue weighted by Crippen LogP contribution is -2.30. The molecule has 180 valence electrons. The first-order valence-electron chi connectivity index (χ1n) is 11.6. The Morgan fingerprint density at radius 3 is 2.37 bits per heavy atom. The van der Waals surface area contributed by atoms with Crippen LogP contribution in [0.15, 0.2) is 65.0 Å². The number of nitrogens with zero attached hydrogens (tertiary/aromatic N) is 3. The maximum Gasteiger partial charge on any atom is 0.262 e. The van der Waals surface area contributed by atoms with E-state index in [0.29, 0.717) is 34.6 Å². The fraction of sp³-hybridized carbons (Fsp3) is 0.259. The number of nitrogens with one attached hydrogen (secondary N) is 1. The van der Waals surface area contributed by atoms with Crippen LogP contribution in [0.25, 0.3) is 21.3 Å². The van der Waals surface area contributed by atoms with Gasteiger partial charge in [-0.05, 0) is 50.6 Å². The average Bonchev–Trinajstić information content (AvgIpc) is 3.30. The molecule has 2 heterocycles. The lowest BCUT2D eigenvalue weighted by molar-refractivity contribution is -0.116. The minimum atomic E-state index is -0.219. The zero-order valence-corrected chi connectivity index (χ0v) is 20.9. The maximum atomic E-state index is 13.2. The first-order chi connectivity index (χ1) is 16.9. The summed E-state index contributed by atoms with van der Waals surface area (Å²) in [5, 5.41) is 5.36. The van der Waals surface area contributed by atoms with Crippen molar-refractivity contribution in [2.24, 2.45) is 0 Å². The monoisotopic (exact) mass is 488 g/mol. The van der Waals surface area contributed by atoms with Gasteiger partial charge in [0.25, 0.3) is 11.5 Å². The molecule has 0 saturated heterocycles. The normalized spacial score (nSPS) is 10.9. The highest BCUT2D eigenvalue weighted by Gasteiger charge is 2.15. The van der Waals surface area contributed by atoms with Crippen LogP contribution in [0.1, 0.15) is 36.2 Å². The van der Waals surface area contributed by atoms with Crippen molar-refractivity contribution in [3.8, 4) is 11.1 Å². The van der Waals surface area contributed by atoms with E-state index in [0.717, 1.165) is 16.7 Å². The van der Waals surface area contributed by atoms with Crippen molar-refractivity contribution in [2.75, 3.05) is 18.4 Å². The van der Waals surface area contributed by atoms with E-state index in [9.17, 15) is 14.4 Å². The van der Waals surface area contributed by atoms with Gasteiger partial charge in [0.1, 0.15) is 4.83 Å². The lowest BCUT2D eigenvalue weighted by Gasteiger charge is -2.18. The third-order valence-electron chi connectivity index (χ3n) is 5.97. The van der Waals surface area contributed by atoms with E-state index in [1.165, 1.54) is 22.2 Å². The summed E-state index contributed by atoms with van der Waals surface area (Å²) >= 11 is 1.44. The molecule has 1 N–H and O–H groups in total. The Morgan fingerprint density at radius 2 is 1.71 bits per heavy atom. The first-order valence-corrected chi connectivity index (χ1v) is 12.5. The Hall–Kier alpha value is -3.78. The van der Waals surface area contributed by atoms with Gasteiger partial charge in [-0.3, -0.25) is 19.0 Å². The van der Waals surface area contributed by atoms with Crippen LogP contribution in [-0.2, 0) is 11.3 Å². The predicted octanol–water partition coefficient (Wildman–Crippen LogP) is 4.94. The number of anilines is 1. The van der Waals surface area contributed by atoms with Crippen LogP contribution in [0.3, 0.4) is 0 Å². The topological polar surface area (TPSA) is 84.3 Å². The molecule has 0 aliphatic carbocycles. The van der Waals surface area contributed by atoms with E-state index < -0.39 is 0 Å². The van der Waals surface area contributed by atoms with Crippen LogP contribution in [0.4, 0.5) is 5.69 Å². The second-order valence-electron chi connectivity index (χ2n) is 8.29. The smallest absolute Gasteiger partial charge is 0.262 e. The second kappa shape index (κ2) is 10.7. The molecular weight excluding hydrogens is 460 g/mol. The van der Waals surface area contributed by atoms with Crippen LogP contribution in [-0.4, -0.2) is 39.4 Å². The Kier molecular flexibility index (Phi) is 7.41. The zero-order valence-electron chi connectivity index (χ0n) is 20.1. The first kappa shape index (κ1) is 24.3. The average molecular weight is 489 g/mol. The zero-order chi connectivity index (χ0) is 24.9. The van der Waals surface area contributed by atoms with Crippen molar-refractivity contribution in [2.45, 2.75) is 33.7 Å². The van der Waals surface area contributed by atoms with Crippen molar-refractivity contribution in [1.82, 2.24) is 14.5 Å².